The summed E-state index contributed by atoms with van der Waals surface area (Å²) in [5, 5.41) is 3.67. The molecule has 6 heteroatoms. The topological polar surface area (TPSA) is 93.8 Å². The maximum Gasteiger partial charge on any atom is 0.275 e. The number of nitrogen functional groups attached to an aromatic ring is 1. The van der Waals surface area contributed by atoms with Gasteiger partial charge in [0.25, 0.3) is 5.91 Å². The van der Waals surface area contributed by atoms with Crippen molar-refractivity contribution in [3.05, 3.63) is 54.6 Å². The third-order valence-corrected chi connectivity index (χ3v) is 2.80. The lowest BCUT2D eigenvalue weighted by Gasteiger charge is -2.07. The van der Waals surface area contributed by atoms with Crippen molar-refractivity contribution in [1.82, 2.24) is 15.0 Å². The first-order valence-electron chi connectivity index (χ1n) is 5.96. The summed E-state index contributed by atoms with van der Waals surface area (Å²) in [5.41, 5.74) is 7.14. The Balaban J connectivity index is 1.93. The number of hydrogen-bond acceptors (Lipinski definition) is 5. The van der Waals surface area contributed by atoms with Gasteiger partial charge in [0.15, 0.2) is 0 Å². The minimum atomic E-state index is -0.339. The molecule has 0 bridgehead atoms. The average Bonchev–Trinajstić information content (AvgIpc) is 2.48. The molecule has 0 fully saturated rings. The first-order valence-corrected chi connectivity index (χ1v) is 5.96. The number of carbonyl (C=O) groups is 1. The van der Waals surface area contributed by atoms with Gasteiger partial charge in [-0.05, 0) is 24.3 Å². The van der Waals surface area contributed by atoms with Gasteiger partial charge in [0.1, 0.15) is 11.5 Å². The Morgan fingerprint density at radius 3 is 2.75 bits per heavy atom. The van der Waals surface area contributed by atoms with E-state index in [9.17, 15) is 4.79 Å². The Hall–Kier alpha value is -3.02. The number of aromatic nitrogens is 3. The SMILES string of the molecule is Nc1cnc(C(=O)Nc2cccc3ncccc23)cn1. The second-order valence-corrected chi connectivity index (χ2v) is 4.16. The highest BCUT2D eigenvalue weighted by Gasteiger charge is 2.10. The smallest absolute Gasteiger partial charge is 0.275 e. The maximum absolute atomic E-state index is 12.1. The second-order valence-electron chi connectivity index (χ2n) is 4.16. The number of rotatable bonds is 2. The summed E-state index contributed by atoms with van der Waals surface area (Å²) in [6, 6.07) is 9.24. The molecule has 0 radical (unpaired) electrons. The van der Waals surface area contributed by atoms with E-state index >= 15 is 0 Å². The van der Waals surface area contributed by atoms with Crippen molar-refractivity contribution in [3.63, 3.8) is 0 Å². The molecule has 0 saturated carbocycles. The molecule has 98 valence electrons. The molecule has 2 aromatic heterocycles. The molecule has 6 nitrogen and oxygen atoms in total. The third-order valence-electron chi connectivity index (χ3n) is 2.80. The highest BCUT2D eigenvalue weighted by atomic mass is 16.1. The van der Waals surface area contributed by atoms with Gasteiger partial charge in [-0.15, -0.1) is 0 Å². The van der Waals surface area contributed by atoms with Crippen molar-refractivity contribution in [2.45, 2.75) is 0 Å². The molecule has 3 N–H and O–H groups in total. The fraction of sp³-hybridized carbons (Fsp3) is 0. The molecule has 3 aromatic rings. The second kappa shape index (κ2) is 4.93. The van der Waals surface area contributed by atoms with Gasteiger partial charge in [-0.1, -0.05) is 6.07 Å². The van der Waals surface area contributed by atoms with Crippen LogP contribution in [0.3, 0.4) is 0 Å². The largest absolute Gasteiger partial charge is 0.382 e. The third kappa shape index (κ3) is 2.26. The van der Waals surface area contributed by atoms with Gasteiger partial charge < -0.3 is 11.1 Å². The van der Waals surface area contributed by atoms with Gasteiger partial charge in [-0.25, -0.2) is 9.97 Å². The van der Waals surface area contributed by atoms with Crippen LogP contribution in [0.1, 0.15) is 10.5 Å². The summed E-state index contributed by atoms with van der Waals surface area (Å²) >= 11 is 0. The van der Waals surface area contributed by atoms with Crippen LogP contribution in [0, 0.1) is 0 Å². The van der Waals surface area contributed by atoms with Gasteiger partial charge in [-0.2, -0.15) is 0 Å². The van der Waals surface area contributed by atoms with Gasteiger partial charge in [0.2, 0.25) is 0 Å². The van der Waals surface area contributed by atoms with E-state index < -0.39 is 0 Å². The van der Waals surface area contributed by atoms with Crippen molar-refractivity contribution in [1.29, 1.82) is 0 Å². The molecule has 0 saturated heterocycles. The van der Waals surface area contributed by atoms with Crippen LogP contribution in [0.2, 0.25) is 0 Å². The average molecular weight is 265 g/mol. The number of fused-ring (bicyclic) bond motifs is 1. The molecule has 0 spiro atoms. The number of hydrogen-bond donors (Lipinski definition) is 2. The van der Waals surface area contributed by atoms with Crippen LogP contribution in [0.25, 0.3) is 10.9 Å². The van der Waals surface area contributed by atoms with Gasteiger partial charge in [0, 0.05) is 11.6 Å². The number of pyridine rings is 1. The maximum atomic E-state index is 12.1. The standard InChI is InChI=1S/C14H11N5O/c15-13-8-17-12(7-18-13)14(20)19-11-5-1-4-10-9(11)3-2-6-16-10/h1-8H,(H2,15,18)(H,19,20). The zero-order chi connectivity index (χ0) is 13.9. The molecule has 0 unspecified atom stereocenters. The summed E-state index contributed by atoms with van der Waals surface area (Å²) in [4.78, 5) is 24.1. The number of benzene rings is 1. The fourth-order valence-electron chi connectivity index (χ4n) is 1.85. The van der Waals surface area contributed by atoms with Crippen molar-refractivity contribution in [2.75, 3.05) is 11.1 Å². The molecule has 20 heavy (non-hydrogen) atoms. The Bertz CT molecular complexity index is 765. The Labute approximate surface area is 114 Å². The number of anilines is 2. The van der Waals surface area contributed by atoms with Crippen molar-refractivity contribution in [3.8, 4) is 0 Å². The fourth-order valence-corrected chi connectivity index (χ4v) is 1.85. The van der Waals surface area contributed by atoms with E-state index in [1.807, 2.05) is 30.3 Å². The predicted molar refractivity (Wildman–Crippen MR) is 76.1 cm³/mol. The van der Waals surface area contributed by atoms with Crippen LogP contribution in [0.4, 0.5) is 11.5 Å². The van der Waals surface area contributed by atoms with E-state index in [0.29, 0.717) is 5.69 Å². The van der Waals surface area contributed by atoms with E-state index in [1.54, 1.807) is 6.20 Å². The van der Waals surface area contributed by atoms with Crippen LogP contribution >= 0.6 is 0 Å². The molecule has 0 aliphatic heterocycles. The molecule has 1 aromatic carbocycles. The van der Waals surface area contributed by atoms with Gasteiger partial charge >= 0.3 is 0 Å². The molecule has 2 heterocycles. The number of carbonyl (C=O) groups excluding carboxylic acids is 1. The van der Waals surface area contributed by atoms with Crippen LogP contribution < -0.4 is 11.1 Å². The number of nitrogens with zero attached hydrogens (tertiary/aromatic N) is 3. The van der Waals surface area contributed by atoms with E-state index in [0.717, 1.165) is 10.9 Å². The molecule has 0 aliphatic carbocycles. The molecule has 0 atom stereocenters. The lowest BCUT2D eigenvalue weighted by Crippen LogP contribution is -2.14. The van der Waals surface area contributed by atoms with E-state index in [1.165, 1.54) is 12.4 Å². The quantitative estimate of drug-likeness (QED) is 0.737. The Kier molecular flexibility index (Phi) is 2.96. The van der Waals surface area contributed by atoms with E-state index in [-0.39, 0.29) is 17.4 Å². The predicted octanol–water partition coefficient (Wildman–Crippen LogP) is 1.86. The monoisotopic (exact) mass is 265 g/mol. The Morgan fingerprint density at radius 1 is 1.05 bits per heavy atom. The van der Waals surface area contributed by atoms with Crippen LogP contribution in [0.5, 0.6) is 0 Å². The number of nitrogens with one attached hydrogen (secondary N) is 1. The molecular formula is C14H11N5O. The van der Waals surface area contributed by atoms with E-state index in [2.05, 4.69) is 20.3 Å². The molecule has 3 rings (SSSR count). The first-order chi connectivity index (χ1) is 9.74. The van der Waals surface area contributed by atoms with Gasteiger partial charge in [-0.3, -0.25) is 9.78 Å². The van der Waals surface area contributed by atoms with Crippen molar-refractivity contribution >= 4 is 28.3 Å². The highest BCUT2D eigenvalue weighted by Crippen LogP contribution is 2.21. The highest BCUT2D eigenvalue weighted by molar-refractivity contribution is 6.07. The first kappa shape index (κ1) is 12.0. The summed E-state index contributed by atoms with van der Waals surface area (Å²) < 4.78 is 0. The molecular weight excluding hydrogens is 254 g/mol. The lowest BCUT2D eigenvalue weighted by atomic mass is 10.2. The van der Waals surface area contributed by atoms with Crippen molar-refractivity contribution < 1.29 is 4.79 Å². The van der Waals surface area contributed by atoms with Crippen LogP contribution in [0.15, 0.2) is 48.9 Å². The lowest BCUT2D eigenvalue weighted by molar-refractivity contribution is 0.102. The molecule has 1 amide bonds. The summed E-state index contributed by atoms with van der Waals surface area (Å²) in [6.07, 6.45) is 4.40. The normalized spacial score (nSPS) is 10.4. The van der Waals surface area contributed by atoms with Crippen molar-refractivity contribution in [2.24, 2.45) is 0 Å². The number of amides is 1. The van der Waals surface area contributed by atoms with Crippen LogP contribution in [-0.4, -0.2) is 20.9 Å². The minimum absolute atomic E-state index is 0.208. The minimum Gasteiger partial charge on any atom is -0.382 e. The zero-order valence-electron chi connectivity index (χ0n) is 10.4. The number of nitrogens with two attached hydrogens (primary N) is 1. The summed E-state index contributed by atoms with van der Waals surface area (Å²) in [6.45, 7) is 0. The zero-order valence-corrected chi connectivity index (χ0v) is 10.4. The molecule has 0 aliphatic rings. The van der Waals surface area contributed by atoms with Gasteiger partial charge in [0.05, 0.1) is 23.6 Å². The Morgan fingerprint density at radius 2 is 1.95 bits per heavy atom. The van der Waals surface area contributed by atoms with E-state index in [4.69, 9.17) is 5.73 Å². The summed E-state index contributed by atoms with van der Waals surface area (Å²) in [7, 11) is 0. The summed E-state index contributed by atoms with van der Waals surface area (Å²) in [5.74, 6) is -0.0650. The van der Waals surface area contributed by atoms with Crippen LogP contribution in [-0.2, 0) is 0 Å².